The highest BCUT2D eigenvalue weighted by Crippen LogP contribution is 2.28. The zero-order valence-corrected chi connectivity index (χ0v) is 9.96. The van der Waals surface area contributed by atoms with Gasteiger partial charge < -0.3 is 4.74 Å². The molecule has 0 aromatic rings. The van der Waals surface area contributed by atoms with Crippen molar-refractivity contribution in [2.75, 3.05) is 7.11 Å². The lowest BCUT2D eigenvalue weighted by Crippen LogP contribution is -2.37. The van der Waals surface area contributed by atoms with Crippen LogP contribution in [0.3, 0.4) is 0 Å². The van der Waals surface area contributed by atoms with Gasteiger partial charge in [-0.1, -0.05) is 13.8 Å². The molecule has 0 aliphatic rings. The van der Waals surface area contributed by atoms with Crippen LogP contribution < -0.4 is 0 Å². The van der Waals surface area contributed by atoms with Gasteiger partial charge in [0.15, 0.2) is 0 Å². The summed E-state index contributed by atoms with van der Waals surface area (Å²) in [5.41, 5.74) is -1.70. The maximum atomic E-state index is 13.7. The van der Waals surface area contributed by atoms with E-state index in [9.17, 15) is 14.0 Å². The summed E-state index contributed by atoms with van der Waals surface area (Å²) in [4.78, 5) is 22.7. The number of alkyl halides is 1. The lowest BCUT2D eigenvalue weighted by Gasteiger charge is -2.26. The van der Waals surface area contributed by atoms with Gasteiger partial charge in [-0.05, 0) is 13.8 Å². The standard InChI is InChI=1S/C11H19FO3/c1-7(2)10(14)8(11(3,4)12)6-9(13)15-5/h7-8H,6H2,1-5H3. The third-order valence-electron chi connectivity index (χ3n) is 2.34. The summed E-state index contributed by atoms with van der Waals surface area (Å²) < 4.78 is 18.2. The minimum atomic E-state index is -1.70. The number of ether oxygens (including phenoxy) is 1. The molecule has 0 aromatic heterocycles. The molecule has 0 spiro atoms. The van der Waals surface area contributed by atoms with Crippen LogP contribution in [-0.2, 0) is 14.3 Å². The lowest BCUT2D eigenvalue weighted by atomic mass is 9.82. The number of rotatable bonds is 5. The Kier molecular flexibility index (Phi) is 4.91. The van der Waals surface area contributed by atoms with Gasteiger partial charge in [-0.25, -0.2) is 4.39 Å². The zero-order chi connectivity index (χ0) is 12.2. The number of hydrogen-bond acceptors (Lipinski definition) is 3. The van der Waals surface area contributed by atoms with E-state index in [0.29, 0.717) is 0 Å². The predicted octanol–water partition coefficient (Wildman–Crippen LogP) is 2.14. The van der Waals surface area contributed by atoms with Crippen molar-refractivity contribution in [3.05, 3.63) is 0 Å². The molecule has 15 heavy (non-hydrogen) atoms. The molecule has 0 saturated heterocycles. The number of esters is 1. The van der Waals surface area contributed by atoms with E-state index >= 15 is 0 Å². The fraction of sp³-hybridized carbons (Fsp3) is 0.818. The molecule has 0 aliphatic heterocycles. The average molecular weight is 218 g/mol. The summed E-state index contributed by atoms with van der Waals surface area (Å²) in [5.74, 6) is -2.01. The summed E-state index contributed by atoms with van der Waals surface area (Å²) in [6, 6.07) is 0. The van der Waals surface area contributed by atoms with Crippen LogP contribution in [0.15, 0.2) is 0 Å². The first kappa shape index (κ1) is 14.1. The Labute approximate surface area is 90.0 Å². The van der Waals surface area contributed by atoms with Crippen molar-refractivity contribution < 1.29 is 18.7 Å². The Bertz CT molecular complexity index is 241. The minimum absolute atomic E-state index is 0.197. The van der Waals surface area contributed by atoms with Gasteiger partial charge in [0, 0.05) is 5.92 Å². The van der Waals surface area contributed by atoms with Crippen molar-refractivity contribution >= 4 is 11.8 Å². The van der Waals surface area contributed by atoms with Crippen LogP contribution in [0, 0.1) is 11.8 Å². The number of Topliss-reactive ketones (excluding diaryl/α,β-unsaturated/α-hetero) is 1. The van der Waals surface area contributed by atoms with Gasteiger partial charge in [0.2, 0.25) is 0 Å². The molecule has 0 bridgehead atoms. The molecule has 0 N–H and O–H groups in total. The number of halogens is 1. The molecule has 0 amide bonds. The van der Waals surface area contributed by atoms with E-state index in [4.69, 9.17) is 0 Å². The predicted molar refractivity (Wildman–Crippen MR) is 55.2 cm³/mol. The topological polar surface area (TPSA) is 43.4 Å². The van der Waals surface area contributed by atoms with E-state index in [1.807, 2.05) is 0 Å². The summed E-state index contributed by atoms with van der Waals surface area (Å²) in [7, 11) is 1.23. The second kappa shape index (κ2) is 5.24. The molecule has 0 saturated carbocycles. The molecule has 88 valence electrons. The maximum Gasteiger partial charge on any atom is 0.306 e. The number of carbonyl (C=O) groups excluding carboxylic acids is 2. The molecule has 0 heterocycles. The number of methoxy groups -OCH3 is 1. The first-order valence-corrected chi connectivity index (χ1v) is 4.99. The Morgan fingerprint density at radius 1 is 1.33 bits per heavy atom. The van der Waals surface area contributed by atoms with Crippen molar-refractivity contribution in [1.82, 2.24) is 0 Å². The maximum absolute atomic E-state index is 13.7. The molecule has 0 aliphatic carbocycles. The molecular formula is C11H19FO3. The van der Waals surface area contributed by atoms with E-state index in [-0.39, 0.29) is 18.1 Å². The van der Waals surface area contributed by atoms with Crippen molar-refractivity contribution in [2.45, 2.75) is 39.8 Å². The van der Waals surface area contributed by atoms with Gasteiger partial charge >= 0.3 is 5.97 Å². The van der Waals surface area contributed by atoms with Crippen molar-refractivity contribution in [3.8, 4) is 0 Å². The van der Waals surface area contributed by atoms with Crippen LogP contribution in [0.25, 0.3) is 0 Å². The van der Waals surface area contributed by atoms with Crippen LogP contribution in [0.1, 0.15) is 34.1 Å². The Morgan fingerprint density at radius 3 is 2.07 bits per heavy atom. The molecule has 0 radical (unpaired) electrons. The number of ketones is 1. The highest BCUT2D eigenvalue weighted by Gasteiger charge is 2.37. The molecule has 0 rings (SSSR count). The van der Waals surface area contributed by atoms with Crippen LogP contribution in [0.5, 0.6) is 0 Å². The highest BCUT2D eigenvalue weighted by molar-refractivity contribution is 5.87. The normalized spacial score (nSPS) is 13.8. The van der Waals surface area contributed by atoms with Crippen LogP contribution in [0.2, 0.25) is 0 Å². The zero-order valence-electron chi connectivity index (χ0n) is 9.96. The first-order chi connectivity index (χ1) is 6.70. The molecule has 0 aromatic carbocycles. The first-order valence-electron chi connectivity index (χ1n) is 4.99. The summed E-state index contributed by atoms with van der Waals surface area (Å²) >= 11 is 0. The molecule has 4 heteroatoms. The van der Waals surface area contributed by atoms with Crippen LogP contribution >= 0.6 is 0 Å². The third kappa shape index (κ3) is 4.40. The van der Waals surface area contributed by atoms with E-state index in [1.54, 1.807) is 13.8 Å². The molecule has 0 fully saturated rings. The fourth-order valence-corrected chi connectivity index (χ4v) is 1.33. The summed E-state index contributed by atoms with van der Waals surface area (Å²) in [6.07, 6.45) is -0.197. The Balaban J connectivity index is 4.75. The van der Waals surface area contributed by atoms with E-state index in [1.165, 1.54) is 21.0 Å². The molecule has 1 atom stereocenters. The van der Waals surface area contributed by atoms with E-state index in [0.717, 1.165) is 0 Å². The van der Waals surface area contributed by atoms with E-state index in [2.05, 4.69) is 4.74 Å². The SMILES string of the molecule is COC(=O)CC(C(=O)C(C)C)C(C)(C)F. The molecular weight excluding hydrogens is 199 g/mol. The molecule has 1 unspecified atom stereocenters. The van der Waals surface area contributed by atoms with E-state index < -0.39 is 17.6 Å². The Hall–Kier alpha value is -0.930. The second-order valence-corrected chi connectivity index (χ2v) is 4.45. The van der Waals surface area contributed by atoms with Gasteiger partial charge in [-0.2, -0.15) is 0 Å². The van der Waals surface area contributed by atoms with Gasteiger partial charge in [0.05, 0.1) is 19.4 Å². The largest absolute Gasteiger partial charge is 0.469 e. The van der Waals surface area contributed by atoms with Crippen LogP contribution in [-0.4, -0.2) is 24.5 Å². The molecule has 3 nitrogen and oxygen atoms in total. The van der Waals surface area contributed by atoms with Gasteiger partial charge in [-0.3, -0.25) is 9.59 Å². The van der Waals surface area contributed by atoms with Gasteiger partial charge in [0.25, 0.3) is 0 Å². The van der Waals surface area contributed by atoms with Crippen molar-refractivity contribution in [2.24, 2.45) is 11.8 Å². The van der Waals surface area contributed by atoms with Crippen molar-refractivity contribution in [1.29, 1.82) is 0 Å². The highest BCUT2D eigenvalue weighted by atomic mass is 19.1. The number of carbonyl (C=O) groups is 2. The third-order valence-corrected chi connectivity index (χ3v) is 2.34. The lowest BCUT2D eigenvalue weighted by molar-refractivity contribution is -0.147. The van der Waals surface area contributed by atoms with Crippen LogP contribution in [0.4, 0.5) is 4.39 Å². The second-order valence-electron chi connectivity index (χ2n) is 4.45. The quantitative estimate of drug-likeness (QED) is 0.664. The monoisotopic (exact) mass is 218 g/mol. The summed E-state index contributed by atoms with van der Waals surface area (Å²) in [6.45, 7) is 6.00. The van der Waals surface area contributed by atoms with Gasteiger partial charge in [-0.15, -0.1) is 0 Å². The summed E-state index contributed by atoms with van der Waals surface area (Å²) in [5, 5.41) is 0. The van der Waals surface area contributed by atoms with Crippen molar-refractivity contribution in [3.63, 3.8) is 0 Å². The fourth-order valence-electron chi connectivity index (χ4n) is 1.33. The van der Waals surface area contributed by atoms with Gasteiger partial charge in [0.1, 0.15) is 11.5 Å². The Morgan fingerprint density at radius 2 is 1.80 bits per heavy atom. The minimum Gasteiger partial charge on any atom is -0.469 e. The number of hydrogen-bond donors (Lipinski definition) is 0. The average Bonchev–Trinajstić information content (AvgIpc) is 2.10. The smallest absolute Gasteiger partial charge is 0.306 e.